The van der Waals surface area contributed by atoms with E-state index in [0.29, 0.717) is 22.6 Å². The van der Waals surface area contributed by atoms with Crippen molar-refractivity contribution < 1.29 is 18.7 Å². The molecule has 2 heterocycles. The van der Waals surface area contributed by atoms with Crippen LogP contribution in [0.3, 0.4) is 0 Å². The summed E-state index contributed by atoms with van der Waals surface area (Å²) in [4.78, 5) is 27.6. The van der Waals surface area contributed by atoms with Gasteiger partial charge in [-0.05, 0) is 48.0 Å². The van der Waals surface area contributed by atoms with E-state index in [0.717, 1.165) is 0 Å². The van der Waals surface area contributed by atoms with Crippen LogP contribution in [-0.2, 0) is 4.79 Å². The van der Waals surface area contributed by atoms with Crippen molar-refractivity contribution in [3.8, 4) is 5.75 Å². The molecule has 0 aliphatic heterocycles. The smallest absolute Gasteiger partial charge is 0.336 e. The molecule has 3 aromatic rings. The molecule has 134 valence electrons. The van der Waals surface area contributed by atoms with Crippen molar-refractivity contribution in [3.63, 3.8) is 0 Å². The Labute approximate surface area is 155 Å². The number of carbonyl (C=O) groups excluding carboxylic acids is 2. The van der Waals surface area contributed by atoms with E-state index in [1.807, 2.05) is 0 Å². The number of carbonyl (C=O) groups is 2. The number of benzene rings is 1. The lowest BCUT2D eigenvalue weighted by molar-refractivity contribution is -0.128. The Morgan fingerprint density at radius 1 is 1.15 bits per heavy atom. The van der Waals surface area contributed by atoms with Gasteiger partial charge in [0.1, 0.15) is 11.5 Å². The van der Waals surface area contributed by atoms with Crippen LogP contribution in [-0.4, -0.2) is 23.1 Å². The van der Waals surface area contributed by atoms with E-state index < -0.39 is 5.97 Å². The largest absolute Gasteiger partial charge is 0.465 e. The van der Waals surface area contributed by atoms with Crippen LogP contribution in [0.4, 0.5) is 0 Å². The predicted octanol–water partition coefficient (Wildman–Crippen LogP) is 3.06. The minimum absolute atomic E-state index is 0.353. The van der Waals surface area contributed by atoms with Gasteiger partial charge in [0, 0.05) is 18.5 Å². The van der Waals surface area contributed by atoms with Gasteiger partial charge in [-0.15, -0.1) is 0 Å². The normalized spacial score (nSPS) is 11.0. The third-order valence-electron chi connectivity index (χ3n) is 3.31. The number of esters is 1. The fourth-order valence-corrected chi connectivity index (χ4v) is 2.07. The molecule has 0 unspecified atom stereocenters. The molecule has 0 atom stereocenters. The van der Waals surface area contributed by atoms with E-state index in [4.69, 9.17) is 9.15 Å². The van der Waals surface area contributed by atoms with Crippen molar-refractivity contribution in [2.45, 2.75) is 0 Å². The van der Waals surface area contributed by atoms with Crippen molar-refractivity contribution >= 4 is 24.2 Å². The summed E-state index contributed by atoms with van der Waals surface area (Å²) in [5.74, 6) is -0.000752. The van der Waals surface area contributed by atoms with E-state index >= 15 is 0 Å². The lowest BCUT2D eigenvalue weighted by Gasteiger charge is -2.02. The van der Waals surface area contributed by atoms with Gasteiger partial charge in [-0.1, -0.05) is 12.1 Å². The fourth-order valence-electron chi connectivity index (χ4n) is 2.07. The van der Waals surface area contributed by atoms with Crippen molar-refractivity contribution in [2.75, 3.05) is 0 Å². The number of nitrogens with one attached hydrogen (secondary N) is 1. The zero-order chi connectivity index (χ0) is 18.9. The number of pyridine rings is 1. The van der Waals surface area contributed by atoms with E-state index in [1.165, 1.54) is 30.8 Å². The van der Waals surface area contributed by atoms with Crippen molar-refractivity contribution in [2.24, 2.45) is 5.10 Å². The van der Waals surface area contributed by atoms with Gasteiger partial charge in [-0.25, -0.2) is 10.2 Å². The molecule has 27 heavy (non-hydrogen) atoms. The van der Waals surface area contributed by atoms with E-state index in [2.05, 4.69) is 15.5 Å². The molecule has 0 saturated carbocycles. The maximum atomic E-state index is 11.9. The molecule has 2 aromatic heterocycles. The van der Waals surface area contributed by atoms with Gasteiger partial charge in [-0.2, -0.15) is 5.10 Å². The van der Waals surface area contributed by atoms with Gasteiger partial charge in [0.25, 0.3) is 5.91 Å². The lowest BCUT2D eigenvalue weighted by Crippen LogP contribution is -2.17. The van der Waals surface area contributed by atoms with Gasteiger partial charge in [0.15, 0.2) is 0 Å². The number of amides is 1. The predicted molar refractivity (Wildman–Crippen MR) is 99.1 cm³/mol. The SMILES string of the molecule is O=C(C=Cc1ccco1)Oc1cccc(C=NNC(=O)c2cccnc2)c1. The molecule has 1 N–H and O–H groups in total. The molecule has 0 fully saturated rings. The second-order valence-corrected chi connectivity index (χ2v) is 5.28. The van der Waals surface area contributed by atoms with Gasteiger partial charge in [-0.3, -0.25) is 9.78 Å². The van der Waals surface area contributed by atoms with Crippen molar-refractivity contribution in [3.05, 3.63) is 90.2 Å². The molecule has 7 nitrogen and oxygen atoms in total. The Hall–Kier alpha value is -4.00. The Balaban J connectivity index is 1.56. The molecule has 0 aliphatic carbocycles. The highest BCUT2D eigenvalue weighted by Crippen LogP contribution is 2.13. The van der Waals surface area contributed by atoms with Gasteiger partial charge in [0.2, 0.25) is 0 Å². The first-order valence-electron chi connectivity index (χ1n) is 7.97. The standard InChI is InChI=1S/C20H15N3O4/c24-19(9-8-17-7-3-11-26-17)27-18-6-1-4-15(12-18)13-22-23-20(25)16-5-2-10-21-14-16/h1-14H,(H,23,25). The molecular weight excluding hydrogens is 346 g/mol. The molecule has 3 rings (SSSR count). The Morgan fingerprint density at radius 2 is 2.07 bits per heavy atom. The first-order chi connectivity index (χ1) is 13.2. The fraction of sp³-hybridized carbons (Fsp3) is 0. The number of hydrazone groups is 1. The summed E-state index contributed by atoms with van der Waals surface area (Å²) < 4.78 is 10.3. The van der Waals surface area contributed by atoms with Crippen LogP contribution in [0.15, 0.2) is 82.8 Å². The van der Waals surface area contributed by atoms with Gasteiger partial charge < -0.3 is 9.15 Å². The van der Waals surface area contributed by atoms with Crippen LogP contribution in [0.2, 0.25) is 0 Å². The molecule has 0 radical (unpaired) electrons. The summed E-state index contributed by atoms with van der Waals surface area (Å²) in [7, 11) is 0. The van der Waals surface area contributed by atoms with Crippen LogP contribution in [0, 0.1) is 0 Å². The van der Waals surface area contributed by atoms with E-state index in [9.17, 15) is 9.59 Å². The molecule has 0 spiro atoms. The third kappa shape index (κ3) is 5.50. The van der Waals surface area contributed by atoms with Crippen LogP contribution in [0.1, 0.15) is 21.7 Å². The summed E-state index contributed by atoms with van der Waals surface area (Å²) in [6.07, 6.45) is 8.78. The molecule has 7 heteroatoms. The molecular formula is C20H15N3O4. The number of ether oxygens (including phenoxy) is 1. The summed E-state index contributed by atoms with van der Waals surface area (Å²) in [5, 5.41) is 3.89. The highest BCUT2D eigenvalue weighted by atomic mass is 16.5. The Morgan fingerprint density at radius 3 is 2.85 bits per heavy atom. The second kappa shape index (κ2) is 8.91. The maximum Gasteiger partial charge on any atom is 0.336 e. The molecule has 0 saturated heterocycles. The summed E-state index contributed by atoms with van der Waals surface area (Å²) in [6, 6.07) is 13.5. The highest BCUT2D eigenvalue weighted by Gasteiger charge is 2.04. The Bertz CT molecular complexity index is 964. The zero-order valence-electron chi connectivity index (χ0n) is 14.1. The zero-order valence-corrected chi connectivity index (χ0v) is 14.1. The lowest BCUT2D eigenvalue weighted by atomic mass is 10.2. The topological polar surface area (TPSA) is 93.8 Å². The van der Waals surface area contributed by atoms with Crippen molar-refractivity contribution in [1.29, 1.82) is 0 Å². The number of nitrogens with zero attached hydrogens (tertiary/aromatic N) is 2. The summed E-state index contributed by atoms with van der Waals surface area (Å²) in [6.45, 7) is 0. The molecule has 0 aliphatic rings. The number of furan rings is 1. The average molecular weight is 361 g/mol. The number of hydrogen-bond acceptors (Lipinski definition) is 6. The average Bonchev–Trinajstić information content (AvgIpc) is 3.21. The van der Waals surface area contributed by atoms with Crippen LogP contribution in [0.5, 0.6) is 5.75 Å². The summed E-state index contributed by atoms with van der Waals surface area (Å²) >= 11 is 0. The minimum Gasteiger partial charge on any atom is -0.465 e. The molecule has 0 bridgehead atoms. The Kier molecular flexibility index (Phi) is 5.88. The quantitative estimate of drug-likeness (QED) is 0.239. The van der Waals surface area contributed by atoms with Gasteiger partial charge >= 0.3 is 5.97 Å². The first-order valence-corrected chi connectivity index (χ1v) is 7.97. The third-order valence-corrected chi connectivity index (χ3v) is 3.31. The highest BCUT2D eigenvalue weighted by molar-refractivity contribution is 5.94. The first kappa shape index (κ1) is 17.8. The monoisotopic (exact) mass is 361 g/mol. The number of hydrogen-bond donors (Lipinski definition) is 1. The summed E-state index contributed by atoms with van der Waals surface area (Å²) in [5.41, 5.74) is 3.46. The van der Waals surface area contributed by atoms with Crippen molar-refractivity contribution in [1.82, 2.24) is 10.4 Å². The maximum absolute atomic E-state index is 11.9. The minimum atomic E-state index is -0.537. The van der Waals surface area contributed by atoms with Crippen LogP contribution in [0.25, 0.3) is 6.08 Å². The van der Waals surface area contributed by atoms with E-state index in [-0.39, 0.29) is 5.91 Å². The molecule has 1 amide bonds. The molecule has 1 aromatic carbocycles. The van der Waals surface area contributed by atoms with E-state index in [1.54, 1.807) is 54.7 Å². The van der Waals surface area contributed by atoms with Crippen LogP contribution >= 0.6 is 0 Å². The second-order valence-electron chi connectivity index (χ2n) is 5.28. The number of aromatic nitrogens is 1. The van der Waals surface area contributed by atoms with Crippen LogP contribution < -0.4 is 10.2 Å². The van der Waals surface area contributed by atoms with Gasteiger partial charge in [0.05, 0.1) is 18.0 Å². The number of rotatable bonds is 6.